The molecule has 0 N–H and O–H groups in total. The number of rotatable bonds is 4. The molecule has 38 heavy (non-hydrogen) atoms. The Hall–Kier alpha value is -2.91. The minimum Gasteiger partial charge on any atom is -0.465 e. The molecule has 2 amide bonds. The number of hydrogen-bond acceptors (Lipinski definition) is 7. The van der Waals surface area contributed by atoms with Crippen LogP contribution in [-0.4, -0.2) is 31.0 Å². The van der Waals surface area contributed by atoms with Crippen LogP contribution in [-0.2, 0) is 32.0 Å². The molecule has 2 aromatic carbocycles. The summed E-state index contributed by atoms with van der Waals surface area (Å²) in [6, 6.07) is 12.0. The van der Waals surface area contributed by atoms with Crippen molar-refractivity contribution in [1.82, 2.24) is 0 Å². The summed E-state index contributed by atoms with van der Waals surface area (Å²) in [7, 11) is 1.31. The maximum absolute atomic E-state index is 14.2. The van der Waals surface area contributed by atoms with Gasteiger partial charge in [-0.3, -0.25) is 14.4 Å². The van der Waals surface area contributed by atoms with Gasteiger partial charge in [0.25, 0.3) is 5.91 Å². The highest BCUT2D eigenvalue weighted by atomic mass is 35.5. The van der Waals surface area contributed by atoms with Crippen LogP contribution in [0.3, 0.4) is 0 Å². The lowest BCUT2D eigenvalue weighted by Gasteiger charge is -2.30. The molecule has 3 unspecified atom stereocenters. The fourth-order valence-corrected chi connectivity index (χ4v) is 7.62. The average molecular weight is 571 g/mol. The molecule has 3 heterocycles. The van der Waals surface area contributed by atoms with Gasteiger partial charge in [-0.2, -0.15) is 0 Å². The minimum absolute atomic E-state index is 0.311. The van der Waals surface area contributed by atoms with E-state index in [1.807, 2.05) is 31.2 Å². The first-order valence-electron chi connectivity index (χ1n) is 12.4. The molecule has 1 aliphatic carbocycles. The van der Waals surface area contributed by atoms with E-state index >= 15 is 0 Å². The van der Waals surface area contributed by atoms with E-state index in [-0.39, 0.29) is 0 Å². The number of para-hydroxylation sites is 1. The van der Waals surface area contributed by atoms with Crippen LogP contribution in [0, 0.1) is 12.8 Å². The predicted octanol–water partition coefficient (Wildman–Crippen LogP) is 6.08. The third kappa shape index (κ3) is 3.85. The third-order valence-electron chi connectivity index (χ3n) is 7.49. The Balaban J connectivity index is 1.48. The summed E-state index contributed by atoms with van der Waals surface area (Å²) in [5.74, 6) is -2.37. The van der Waals surface area contributed by atoms with Crippen molar-refractivity contribution in [2.75, 3.05) is 17.1 Å². The number of benzene rings is 2. The van der Waals surface area contributed by atoms with Crippen molar-refractivity contribution in [3.63, 3.8) is 0 Å². The smallest absolute Gasteiger partial charge is 0.341 e. The van der Waals surface area contributed by atoms with Gasteiger partial charge in [-0.25, -0.2) is 14.8 Å². The molecule has 7 nitrogen and oxygen atoms in total. The number of halogens is 2. The summed E-state index contributed by atoms with van der Waals surface area (Å²) in [4.78, 5) is 49.4. The van der Waals surface area contributed by atoms with Gasteiger partial charge in [0, 0.05) is 14.9 Å². The zero-order valence-electron chi connectivity index (χ0n) is 20.7. The highest BCUT2D eigenvalue weighted by Gasteiger charge is 2.61. The van der Waals surface area contributed by atoms with E-state index in [1.165, 1.54) is 18.4 Å². The van der Waals surface area contributed by atoms with Crippen LogP contribution in [0.4, 0.5) is 10.7 Å². The van der Waals surface area contributed by atoms with Crippen LogP contribution in [0.5, 0.6) is 0 Å². The van der Waals surface area contributed by atoms with Crippen LogP contribution in [0.1, 0.15) is 50.8 Å². The first-order valence-corrected chi connectivity index (χ1v) is 14.0. The number of nitrogens with zero attached hydrogens (tertiary/aromatic N) is 2. The Bertz CT molecular complexity index is 1490. The zero-order chi connectivity index (χ0) is 26.7. The first-order chi connectivity index (χ1) is 18.3. The molecule has 0 saturated carbocycles. The second kappa shape index (κ2) is 9.68. The number of amides is 2. The lowest BCUT2D eigenvalue weighted by Crippen LogP contribution is -2.38. The molecule has 0 radical (unpaired) electrons. The fraction of sp³-hybridized carbons (Fsp3) is 0.321. The number of thiophene rings is 1. The van der Waals surface area contributed by atoms with Gasteiger partial charge in [-0.15, -0.1) is 11.3 Å². The molecule has 6 rings (SSSR count). The Morgan fingerprint density at radius 1 is 1.08 bits per heavy atom. The Labute approximate surface area is 233 Å². The largest absolute Gasteiger partial charge is 0.465 e. The quantitative estimate of drug-likeness (QED) is 0.279. The van der Waals surface area contributed by atoms with Gasteiger partial charge in [0.15, 0.2) is 6.10 Å². The van der Waals surface area contributed by atoms with Gasteiger partial charge in [0.05, 0.1) is 24.4 Å². The SMILES string of the molecule is COC(=O)c1c(N2C(=O)C3ON(c4ccccc4C)C(c4ccc(Cl)cc4Cl)C3C2=O)sc2c1CCCC2. The summed E-state index contributed by atoms with van der Waals surface area (Å²) in [5.41, 5.74) is 3.45. The summed E-state index contributed by atoms with van der Waals surface area (Å²) >= 11 is 14.1. The zero-order valence-corrected chi connectivity index (χ0v) is 23.0. The number of fused-ring (bicyclic) bond motifs is 2. The van der Waals surface area contributed by atoms with Gasteiger partial charge < -0.3 is 4.74 Å². The average Bonchev–Trinajstić information content (AvgIpc) is 3.54. The van der Waals surface area contributed by atoms with Crippen molar-refractivity contribution in [3.05, 3.63) is 79.6 Å². The van der Waals surface area contributed by atoms with E-state index in [9.17, 15) is 14.4 Å². The molecule has 3 aliphatic rings. The topological polar surface area (TPSA) is 76.2 Å². The number of ether oxygens (including phenoxy) is 1. The summed E-state index contributed by atoms with van der Waals surface area (Å²) in [5, 5.41) is 2.76. The fourth-order valence-electron chi connectivity index (χ4n) is 5.71. The van der Waals surface area contributed by atoms with Crippen molar-refractivity contribution in [2.45, 2.75) is 44.8 Å². The third-order valence-corrected chi connectivity index (χ3v) is 9.33. The predicted molar refractivity (Wildman–Crippen MR) is 146 cm³/mol. The second-order valence-corrected chi connectivity index (χ2v) is 11.6. The molecule has 0 bridgehead atoms. The number of hydrogen-bond donors (Lipinski definition) is 0. The standard InChI is InChI=1S/C28H24Cl2N2O5S/c1-14-7-3-5-9-19(14)32-23(16-12-11-15(29)13-18(16)30)22-24(37-32)26(34)31(25(22)33)27-21(28(35)36-2)17-8-4-6-10-20(17)38-27/h3,5,7,9,11-13,22-24H,4,6,8,10H2,1-2H3. The van der Waals surface area contributed by atoms with Crippen LogP contribution < -0.4 is 9.96 Å². The Morgan fingerprint density at radius 2 is 1.84 bits per heavy atom. The first kappa shape index (κ1) is 25.4. The maximum atomic E-state index is 14.2. The summed E-state index contributed by atoms with van der Waals surface area (Å²) in [6.45, 7) is 1.93. The molecule has 2 saturated heterocycles. The molecule has 10 heteroatoms. The minimum atomic E-state index is -1.08. The number of esters is 1. The van der Waals surface area contributed by atoms with Gasteiger partial charge in [0.2, 0.25) is 5.91 Å². The van der Waals surface area contributed by atoms with Gasteiger partial charge >= 0.3 is 5.97 Å². The van der Waals surface area contributed by atoms with Crippen molar-refractivity contribution < 1.29 is 24.0 Å². The van der Waals surface area contributed by atoms with Crippen molar-refractivity contribution in [3.8, 4) is 0 Å². The van der Waals surface area contributed by atoms with Gasteiger partial charge in [-0.05, 0) is 67.5 Å². The molecule has 2 fully saturated rings. The molecular weight excluding hydrogens is 547 g/mol. The van der Waals surface area contributed by atoms with Crippen LogP contribution in [0.2, 0.25) is 10.0 Å². The highest BCUT2D eigenvalue weighted by Crippen LogP contribution is 2.51. The molecule has 196 valence electrons. The molecule has 1 aromatic heterocycles. The van der Waals surface area contributed by atoms with E-state index in [0.717, 1.165) is 45.9 Å². The highest BCUT2D eigenvalue weighted by molar-refractivity contribution is 7.17. The number of anilines is 2. The van der Waals surface area contributed by atoms with E-state index in [2.05, 4.69) is 0 Å². The van der Waals surface area contributed by atoms with Crippen LogP contribution in [0.25, 0.3) is 0 Å². The van der Waals surface area contributed by atoms with Crippen LogP contribution >= 0.6 is 34.5 Å². The van der Waals surface area contributed by atoms with Crippen molar-refractivity contribution in [2.24, 2.45) is 5.92 Å². The Kier molecular flexibility index (Phi) is 6.46. The van der Waals surface area contributed by atoms with E-state index in [0.29, 0.717) is 32.6 Å². The lowest BCUT2D eigenvalue weighted by molar-refractivity contribution is -0.126. The molecule has 3 aromatic rings. The maximum Gasteiger partial charge on any atom is 0.341 e. The Morgan fingerprint density at radius 3 is 2.58 bits per heavy atom. The normalized spacial score (nSPS) is 22.6. The second-order valence-electron chi connectivity index (χ2n) is 9.67. The number of hydroxylamine groups is 1. The van der Waals surface area contributed by atoms with Crippen molar-refractivity contribution >= 4 is 63.0 Å². The molecule has 2 aliphatic heterocycles. The molecule has 3 atom stereocenters. The molecular formula is C28H24Cl2N2O5S. The lowest BCUT2D eigenvalue weighted by atomic mass is 9.90. The number of carbonyl (C=O) groups is 3. The van der Waals surface area contributed by atoms with Crippen LogP contribution in [0.15, 0.2) is 42.5 Å². The number of methoxy groups -OCH3 is 1. The monoisotopic (exact) mass is 570 g/mol. The summed E-state index contributed by atoms with van der Waals surface area (Å²) < 4.78 is 5.08. The van der Waals surface area contributed by atoms with E-state index < -0.39 is 35.8 Å². The van der Waals surface area contributed by atoms with E-state index in [4.69, 9.17) is 32.8 Å². The number of carbonyl (C=O) groups excluding carboxylic acids is 3. The van der Waals surface area contributed by atoms with Gasteiger partial charge in [0.1, 0.15) is 10.9 Å². The number of aryl methyl sites for hydroxylation is 2. The van der Waals surface area contributed by atoms with Crippen molar-refractivity contribution in [1.29, 1.82) is 0 Å². The summed E-state index contributed by atoms with van der Waals surface area (Å²) in [6.07, 6.45) is 2.36. The van der Waals surface area contributed by atoms with E-state index in [1.54, 1.807) is 23.3 Å². The number of imide groups is 1. The molecule has 0 spiro atoms. The van der Waals surface area contributed by atoms with Gasteiger partial charge in [-0.1, -0.05) is 47.5 Å².